The first-order valence-electron chi connectivity index (χ1n) is 12.4. The number of hydrogen-bond acceptors (Lipinski definition) is 9. The third-order valence-electron chi connectivity index (χ3n) is 7.34. The van der Waals surface area contributed by atoms with Gasteiger partial charge in [0.2, 0.25) is 11.8 Å². The van der Waals surface area contributed by atoms with Crippen molar-refractivity contribution in [2.45, 2.75) is 38.4 Å². The van der Waals surface area contributed by atoms with E-state index in [1.165, 1.54) is 17.5 Å². The van der Waals surface area contributed by atoms with Gasteiger partial charge in [-0.2, -0.15) is 4.52 Å². The summed E-state index contributed by atoms with van der Waals surface area (Å²) in [4.78, 5) is 14.2. The Morgan fingerprint density at radius 1 is 1.14 bits per heavy atom. The van der Waals surface area contributed by atoms with Gasteiger partial charge in [-0.05, 0) is 61.2 Å². The van der Waals surface area contributed by atoms with Gasteiger partial charge in [-0.15, -0.1) is 5.10 Å². The SMILES string of the molecule is COc1cc2c(cc1OC)CN(C1CCCN(Cc3cnc(N)n4nc(-c5ccco5)nc34)C1)CC2. The number of anilines is 1. The van der Waals surface area contributed by atoms with Crippen LogP contribution in [0.1, 0.15) is 29.5 Å². The summed E-state index contributed by atoms with van der Waals surface area (Å²) in [6, 6.07) is 8.43. The van der Waals surface area contributed by atoms with E-state index in [0.29, 0.717) is 23.6 Å². The van der Waals surface area contributed by atoms with Crippen LogP contribution in [0.15, 0.2) is 41.1 Å². The fraction of sp³-hybridized carbons (Fsp3) is 0.423. The highest BCUT2D eigenvalue weighted by atomic mass is 16.5. The van der Waals surface area contributed by atoms with Gasteiger partial charge in [0.1, 0.15) is 0 Å². The lowest BCUT2D eigenvalue weighted by atomic mass is 9.95. The molecule has 2 aliphatic heterocycles. The number of nitrogen functional groups attached to an aromatic ring is 1. The topological polar surface area (TPSA) is 107 Å². The molecule has 1 saturated heterocycles. The summed E-state index contributed by atoms with van der Waals surface area (Å²) in [5, 5.41) is 4.52. The van der Waals surface area contributed by atoms with Gasteiger partial charge in [-0.1, -0.05) is 0 Å². The summed E-state index contributed by atoms with van der Waals surface area (Å²) in [6.07, 6.45) is 6.81. The van der Waals surface area contributed by atoms with Crippen LogP contribution in [-0.4, -0.2) is 69.3 Å². The molecule has 10 heteroatoms. The van der Waals surface area contributed by atoms with E-state index in [-0.39, 0.29) is 0 Å². The van der Waals surface area contributed by atoms with Crippen LogP contribution in [0.25, 0.3) is 17.2 Å². The van der Waals surface area contributed by atoms with E-state index in [9.17, 15) is 0 Å². The summed E-state index contributed by atoms with van der Waals surface area (Å²) < 4.78 is 18.1. The average Bonchev–Trinajstić information content (AvgIpc) is 3.60. The smallest absolute Gasteiger partial charge is 0.223 e. The molecule has 0 bridgehead atoms. The van der Waals surface area contributed by atoms with E-state index in [1.807, 2.05) is 18.3 Å². The molecule has 10 nitrogen and oxygen atoms in total. The van der Waals surface area contributed by atoms with E-state index in [0.717, 1.165) is 68.3 Å². The third-order valence-corrected chi connectivity index (χ3v) is 7.34. The lowest BCUT2D eigenvalue weighted by Gasteiger charge is -2.41. The zero-order valence-electron chi connectivity index (χ0n) is 20.7. The van der Waals surface area contributed by atoms with Crippen LogP contribution < -0.4 is 15.2 Å². The number of methoxy groups -OCH3 is 2. The number of piperidine rings is 1. The fourth-order valence-corrected chi connectivity index (χ4v) is 5.49. The second kappa shape index (κ2) is 9.44. The molecule has 1 aromatic carbocycles. The van der Waals surface area contributed by atoms with Crippen molar-refractivity contribution in [3.05, 3.63) is 53.4 Å². The molecule has 0 radical (unpaired) electrons. The molecule has 2 N–H and O–H groups in total. The van der Waals surface area contributed by atoms with E-state index in [2.05, 4.69) is 32.0 Å². The summed E-state index contributed by atoms with van der Waals surface area (Å²) in [5.74, 6) is 3.04. The van der Waals surface area contributed by atoms with Crippen LogP contribution in [-0.2, 0) is 19.5 Å². The molecule has 4 aromatic rings. The minimum absolute atomic E-state index is 0.314. The average molecular weight is 490 g/mol. The highest BCUT2D eigenvalue weighted by Crippen LogP contribution is 2.34. The summed E-state index contributed by atoms with van der Waals surface area (Å²) in [5.41, 5.74) is 10.5. The van der Waals surface area contributed by atoms with Crippen LogP contribution in [0.4, 0.5) is 5.95 Å². The maximum Gasteiger partial charge on any atom is 0.223 e. The Kier molecular flexibility index (Phi) is 5.98. The number of rotatable bonds is 6. The van der Waals surface area contributed by atoms with Gasteiger partial charge in [-0.3, -0.25) is 9.80 Å². The molecular formula is C26H31N7O3. The largest absolute Gasteiger partial charge is 0.493 e. The van der Waals surface area contributed by atoms with Crippen molar-refractivity contribution in [2.75, 3.05) is 39.6 Å². The van der Waals surface area contributed by atoms with E-state index < -0.39 is 0 Å². The second-order valence-electron chi connectivity index (χ2n) is 9.52. The Labute approximate surface area is 209 Å². The lowest BCUT2D eigenvalue weighted by molar-refractivity contribution is 0.0838. The first-order chi connectivity index (χ1) is 17.6. The number of likely N-dealkylation sites (tertiary alicyclic amines) is 1. The summed E-state index contributed by atoms with van der Waals surface area (Å²) >= 11 is 0. The molecule has 6 rings (SSSR count). The molecule has 5 heterocycles. The molecular weight excluding hydrogens is 458 g/mol. The van der Waals surface area contributed by atoms with Crippen molar-refractivity contribution in [2.24, 2.45) is 0 Å². The van der Waals surface area contributed by atoms with Gasteiger partial charge >= 0.3 is 0 Å². The van der Waals surface area contributed by atoms with Crippen LogP contribution >= 0.6 is 0 Å². The first-order valence-corrected chi connectivity index (χ1v) is 12.4. The number of benzene rings is 1. The first kappa shape index (κ1) is 22.8. The van der Waals surface area contributed by atoms with E-state index >= 15 is 0 Å². The monoisotopic (exact) mass is 489 g/mol. The molecule has 188 valence electrons. The Bertz CT molecular complexity index is 1370. The van der Waals surface area contributed by atoms with Gasteiger partial charge in [-0.25, -0.2) is 9.97 Å². The van der Waals surface area contributed by atoms with Gasteiger partial charge < -0.3 is 19.6 Å². The predicted octanol–water partition coefficient (Wildman–Crippen LogP) is 3.01. The fourth-order valence-electron chi connectivity index (χ4n) is 5.49. The molecule has 1 atom stereocenters. The lowest BCUT2D eigenvalue weighted by Crippen LogP contribution is -2.49. The van der Waals surface area contributed by atoms with Crippen molar-refractivity contribution < 1.29 is 13.9 Å². The Morgan fingerprint density at radius 3 is 2.75 bits per heavy atom. The van der Waals surface area contributed by atoms with E-state index in [4.69, 9.17) is 24.6 Å². The van der Waals surface area contributed by atoms with Crippen molar-refractivity contribution in [1.82, 2.24) is 29.4 Å². The molecule has 0 aliphatic carbocycles. The zero-order chi connectivity index (χ0) is 24.6. The van der Waals surface area contributed by atoms with Crippen molar-refractivity contribution in [3.63, 3.8) is 0 Å². The van der Waals surface area contributed by atoms with Crippen LogP contribution in [0, 0.1) is 0 Å². The normalized spacial score (nSPS) is 18.9. The number of furan rings is 1. The highest BCUT2D eigenvalue weighted by molar-refractivity contribution is 5.57. The van der Waals surface area contributed by atoms with Crippen LogP contribution in [0.3, 0.4) is 0 Å². The van der Waals surface area contributed by atoms with Crippen LogP contribution in [0.5, 0.6) is 11.5 Å². The molecule has 1 unspecified atom stereocenters. The molecule has 2 aliphatic rings. The number of aromatic nitrogens is 4. The maximum absolute atomic E-state index is 6.10. The highest BCUT2D eigenvalue weighted by Gasteiger charge is 2.29. The number of nitrogens with two attached hydrogens (primary N) is 1. The van der Waals surface area contributed by atoms with Gasteiger partial charge in [0.05, 0.1) is 20.5 Å². The summed E-state index contributed by atoms with van der Waals surface area (Å²) in [7, 11) is 3.39. The molecule has 0 amide bonds. The van der Waals surface area contributed by atoms with Gasteiger partial charge in [0.15, 0.2) is 22.9 Å². The van der Waals surface area contributed by atoms with Crippen molar-refractivity contribution in [1.29, 1.82) is 0 Å². The minimum Gasteiger partial charge on any atom is -0.493 e. The molecule has 1 fully saturated rings. The quantitative estimate of drug-likeness (QED) is 0.437. The minimum atomic E-state index is 0.314. The number of ether oxygens (including phenoxy) is 2. The molecule has 3 aromatic heterocycles. The molecule has 0 saturated carbocycles. The van der Waals surface area contributed by atoms with Crippen molar-refractivity contribution >= 4 is 11.6 Å². The molecule has 0 spiro atoms. The second-order valence-corrected chi connectivity index (χ2v) is 9.52. The Morgan fingerprint density at radius 2 is 1.97 bits per heavy atom. The Hall–Kier alpha value is -3.63. The predicted molar refractivity (Wildman–Crippen MR) is 135 cm³/mol. The number of hydrogen-bond donors (Lipinski definition) is 1. The van der Waals surface area contributed by atoms with Crippen LogP contribution in [0.2, 0.25) is 0 Å². The maximum atomic E-state index is 6.10. The Balaban J connectivity index is 1.19. The number of nitrogens with zero attached hydrogens (tertiary/aromatic N) is 6. The van der Waals surface area contributed by atoms with Gasteiger partial charge in [0, 0.05) is 44.0 Å². The molecule has 36 heavy (non-hydrogen) atoms. The summed E-state index contributed by atoms with van der Waals surface area (Å²) in [6.45, 7) is 4.77. The zero-order valence-corrected chi connectivity index (χ0v) is 20.7. The third kappa shape index (κ3) is 4.16. The standard InChI is InChI=1S/C26H31N7O3/c1-34-22-11-17-7-9-32(15-18(17)12-23(22)35-2)20-5-3-8-31(16-20)14-19-13-28-26(27)33-25(19)29-24(30-33)21-6-4-10-36-21/h4,6,10-13,20H,3,5,7-9,14-16H2,1-2H3,(H2,27,28). The van der Waals surface area contributed by atoms with Crippen molar-refractivity contribution in [3.8, 4) is 23.1 Å². The van der Waals surface area contributed by atoms with Gasteiger partial charge in [0.25, 0.3) is 0 Å². The van der Waals surface area contributed by atoms with E-state index in [1.54, 1.807) is 25.0 Å². The number of fused-ring (bicyclic) bond motifs is 2.